The molecule has 0 saturated heterocycles. The molecule has 8 heteroatoms. The van der Waals surface area contributed by atoms with E-state index in [-0.39, 0.29) is 11.3 Å². The number of hydrogen-bond donors (Lipinski definition) is 2. The average molecular weight is 346 g/mol. The molecule has 1 aromatic carbocycles. The number of rotatable bonds is 2. The molecule has 0 heterocycles. The molecule has 1 rings (SSSR count). The van der Waals surface area contributed by atoms with Gasteiger partial charge in [-0.15, -0.1) is 0 Å². The Morgan fingerprint density at radius 1 is 1.44 bits per heavy atom. The van der Waals surface area contributed by atoms with Crippen molar-refractivity contribution in [2.75, 3.05) is 0 Å². The summed E-state index contributed by atoms with van der Waals surface area (Å²) in [5, 5.41) is 11.0. The summed E-state index contributed by atoms with van der Waals surface area (Å²) in [5.74, 6) is -0.729. The van der Waals surface area contributed by atoms with E-state index in [0.717, 1.165) is 12.1 Å². The Morgan fingerprint density at radius 3 is 2.50 bits per heavy atom. The molecule has 0 saturated carbocycles. The molecule has 0 bridgehead atoms. The van der Waals surface area contributed by atoms with Crippen LogP contribution in [0.15, 0.2) is 23.4 Å². The van der Waals surface area contributed by atoms with Gasteiger partial charge in [0.25, 0.3) is 0 Å². The first-order valence-electron chi connectivity index (χ1n) is 3.88. The van der Waals surface area contributed by atoms with Crippen molar-refractivity contribution in [3.8, 4) is 5.75 Å². The molecule has 16 heavy (non-hydrogen) atoms. The van der Waals surface area contributed by atoms with Crippen molar-refractivity contribution in [3.05, 3.63) is 29.3 Å². The lowest BCUT2D eigenvalue weighted by Crippen LogP contribution is -2.15. The highest BCUT2D eigenvalue weighted by molar-refractivity contribution is 14.1. The fraction of sp³-hybridized carbons (Fsp3) is 0.125. The number of oxime groups is 1. The first-order valence-corrected chi connectivity index (χ1v) is 4.76. The minimum Gasteiger partial charge on any atom is -0.427 e. The van der Waals surface area contributed by atoms with E-state index in [1.54, 1.807) is 0 Å². The highest BCUT2D eigenvalue weighted by Gasteiger charge is 2.35. The molecule has 0 aromatic heterocycles. The van der Waals surface area contributed by atoms with Crippen LogP contribution in [0.4, 0.5) is 13.2 Å². The van der Waals surface area contributed by atoms with Gasteiger partial charge >= 0.3 is 6.18 Å². The second-order valence-electron chi connectivity index (χ2n) is 2.77. The van der Waals surface area contributed by atoms with Crippen LogP contribution in [0, 0.1) is 0 Å². The summed E-state index contributed by atoms with van der Waals surface area (Å²) in [6, 6.07) is 3.12. The van der Waals surface area contributed by atoms with E-state index in [2.05, 4.69) is 8.22 Å². The fourth-order valence-corrected chi connectivity index (χ4v) is 1.42. The second-order valence-corrected chi connectivity index (χ2v) is 3.21. The zero-order valence-corrected chi connectivity index (χ0v) is 9.78. The van der Waals surface area contributed by atoms with Crippen molar-refractivity contribution in [1.29, 1.82) is 0 Å². The summed E-state index contributed by atoms with van der Waals surface area (Å²) in [6.07, 6.45) is -4.56. The number of amidine groups is 1. The van der Waals surface area contributed by atoms with E-state index >= 15 is 0 Å². The van der Waals surface area contributed by atoms with Crippen LogP contribution in [0.3, 0.4) is 0 Å². The van der Waals surface area contributed by atoms with E-state index in [4.69, 9.17) is 10.9 Å². The summed E-state index contributed by atoms with van der Waals surface area (Å²) >= 11 is 1.35. The van der Waals surface area contributed by atoms with Gasteiger partial charge in [0, 0.05) is 5.56 Å². The summed E-state index contributed by atoms with van der Waals surface area (Å²) < 4.78 is 42.2. The van der Waals surface area contributed by atoms with Crippen LogP contribution in [0.25, 0.3) is 0 Å². The Morgan fingerprint density at radius 2 is 2.06 bits per heavy atom. The first kappa shape index (κ1) is 12.9. The van der Waals surface area contributed by atoms with E-state index < -0.39 is 17.6 Å². The normalized spacial score (nSPS) is 12.6. The maximum absolute atomic E-state index is 12.6. The van der Waals surface area contributed by atoms with Crippen LogP contribution in [-0.4, -0.2) is 11.0 Å². The molecule has 4 nitrogen and oxygen atoms in total. The van der Waals surface area contributed by atoms with Gasteiger partial charge in [0.1, 0.15) is 5.75 Å². The number of benzene rings is 1. The largest absolute Gasteiger partial charge is 0.427 e. The van der Waals surface area contributed by atoms with Crippen molar-refractivity contribution < 1.29 is 21.4 Å². The third kappa shape index (κ3) is 2.68. The Bertz CT molecular complexity index is 420. The molecule has 0 amide bonds. The second kappa shape index (κ2) is 4.76. The number of halogens is 4. The average Bonchev–Trinajstić information content (AvgIpc) is 2.26. The molecular weight excluding hydrogens is 340 g/mol. The number of alkyl halides is 3. The van der Waals surface area contributed by atoms with Gasteiger partial charge in [0.15, 0.2) is 28.8 Å². The fourth-order valence-electron chi connectivity index (χ4n) is 1.04. The predicted octanol–water partition coefficient (Wildman–Crippen LogP) is 2.53. The number of hydrogen-bond acceptors (Lipinski definition) is 3. The lowest BCUT2D eigenvalue weighted by molar-refractivity contribution is -0.138. The van der Waals surface area contributed by atoms with E-state index in [1.807, 2.05) is 0 Å². The molecule has 0 aliphatic heterocycles. The standard InChI is InChI=1S/C8H6F3IN2O2/c9-8(10,11)5-3-4(7(13)14-15)1-2-6(5)16-12/h1-3,15H,(H2,13,14). The van der Waals surface area contributed by atoms with Gasteiger partial charge in [0.2, 0.25) is 0 Å². The van der Waals surface area contributed by atoms with Crippen molar-refractivity contribution in [2.45, 2.75) is 6.18 Å². The molecule has 0 aliphatic rings. The molecule has 88 valence electrons. The maximum atomic E-state index is 12.6. The van der Waals surface area contributed by atoms with E-state index in [0.29, 0.717) is 0 Å². The van der Waals surface area contributed by atoms with Crippen LogP contribution in [0.5, 0.6) is 5.75 Å². The molecule has 0 aliphatic carbocycles. The highest BCUT2D eigenvalue weighted by Crippen LogP contribution is 2.37. The zero-order chi connectivity index (χ0) is 12.3. The highest BCUT2D eigenvalue weighted by atomic mass is 127. The minimum absolute atomic E-state index is 0.0352. The Kier molecular flexibility index (Phi) is 3.83. The van der Waals surface area contributed by atoms with Crippen molar-refractivity contribution >= 4 is 28.8 Å². The van der Waals surface area contributed by atoms with Crippen LogP contribution in [0.1, 0.15) is 11.1 Å². The lowest BCUT2D eigenvalue weighted by atomic mass is 10.1. The van der Waals surface area contributed by atoms with Crippen LogP contribution < -0.4 is 8.80 Å². The van der Waals surface area contributed by atoms with Gasteiger partial charge in [-0.1, -0.05) is 5.16 Å². The third-order valence-corrected chi connectivity index (χ3v) is 2.25. The SMILES string of the molecule is N/C(=N\O)c1ccc(OI)c(C(F)(F)F)c1. The molecule has 1 aromatic rings. The predicted molar refractivity (Wildman–Crippen MR) is 58.6 cm³/mol. The van der Waals surface area contributed by atoms with E-state index in [1.165, 1.54) is 29.1 Å². The van der Waals surface area contributed by atoms with Crippen molar-refractivity contribution in [2.24, 2.45) is 10.9 Å². The lowest BCUT2D eigenvalue weighted by Gasteiger charge is -2.11. The van der Waals surface area contributed by atoms with Gasteiger partial charge in [-0.25, -0.2) is 0 Å². The first-order chi connectivity index (χ1) is 7.40. The molecule has 0 spiro atoms. The molecule has 0 radical (unpaired) electrons. The Hall–Kier alpha value is -1.19. The summed E-state index contributed by atoms with van der Waals surface area (Å²) in [5.41, 5.74) is 4.17. The molecule has 3 N–H and O–H groups in total. The maximum Gasteiger partial charge on any atom is 0.420 e. The van der Waals surface area contributed by atoms with Gasteiger partial charge in [-0.2, -0.15) is 13.2 Å². The van der Waals surface area contributed by atoms with Gasteiger partial charge in [0.05, 0.1) is 5.56 Å². The Labute approximate surface area is 103 Å². The third-order valence-electron chi connectivity index (χ3n) is 1.77. The summed E-state index contributed by atoms with van der Waals surface area (Å²) in [4.78, 5) is 0. The summed E-state index contributed by atoms with van der Waals surface area (Å²) in [7, 11) is 0. The van der Waals surface area contributed by atoms with Crippen LogP contribution in [0.2, 0.25) is 0 Å². The summed E-state index contributed by atoms with van der Waals surface area (Å²) in [6.45, 7) is 0. The minimum atomic E-state index is -4.56. The molecular formula is C8H6F3IN2O2. The quantitative estimate of drug-likeness (QED) is 0.284. The van der Waals surface area contributed by atoms with Gasteiger partial charge in [-0.3, -0.25) is 0 Å². The molecule has 0 fully saturated rings. The van der Waals surface area contributed by atoms with Crippen LogP contribution >= 0.6 is 23.0 Å². The van der Waals surface area contributed by atoms with Crippen molar-refractivity contribution in [1.82, 2.24) is 0 Å². The smallest absolute Gasteiger partial charge is 0.420 e. The van der Waals surface area contributed by atoms with Gasteiger partial charge in [-0.05, 0) is 18.2 Å². The van der Waals surface area contributed by atoms with Crippen LogP contribution in [-0.2, 0) is 6.18 Å². The number of nitrogens with two attached hydrogens (primary N) is 1. The molecule has 0 unspecified atom stereocenters. The Balaban J connectivity index is 3.33. The van der Waals surface area contributed by atoms with Crippen molar-refractivity contribution in [3.63, 3.8) is 0 Å². The number of nitrogens with zero attached hydrogens (tertiary/aromatic N) is 1. The topological polar surface area (TPSA) is 67.8 Å². The monoisotopic (exact) mass is 346 g/mol. The van der Waals surface area contributed by atoms with Gasteiger partial charge < -0.3 is 14.0 Å². The van der Waals surface area contributed by atoms with E-state index in [9.17, 15) is 13.2 Å². The zero-order valence-electron chi connectivity index (χ0n) is 7.62. The molecule has 0 atom stereocenters.